The topological polar surface area (TPSA) is 86.5 Å². The molecule has 138 valence electrons. The highest BCUT2D eigenvalue weighted by Crippen LogP contribution is 2.39. The molecule has 6 nitrogen and oxygen atoms in total. The molecule has 7 heteroatoms. The van der Waals surface area contributed by atoms with Crippen molar-refractivity contribution >= 4 is 29.1 Å². The van der Waals surface area contributed by atoms with Crippen molar-refractivity contribution in [2.24, 2.45) is 0 Å². The molecule has 3 N–H and O–H groups in total. The van der Waals surface area contributed by atoms with Gasteiger partial charge in [0.25, 0.3) is 5.91 Å². The number of aromatic nitrogens is 1. The Morgan fingerprint density at radius 1 is 1.00 bits per heavy atom. The SMILES string of the molecule is COc1cccc(-c2ccc(NC(=O)c3ccc(Cl)cc3)nc2N)c1OC. The molecule has 0 unspecified atom stereocenters. The minimum absolute atomic E-state index is 0.260. The van der Waals surface area contributed by atoms with Crippen LogP contribution in [0.5, 0.6) is 11.5 Å². The summed E-state index contributed by atoms with van der Waals surface area (Å²) in [5.74, 6) is 1.46. The molecule has 0 fully saturated rings. The minimum Gasteiger partial charge on any atom is -0.493 e. The van der Waals surface area contributed by atoms with Crippen LogP contribution < -0.4 is 20.5 Å². The van der Waals surface area contributed by atoms with Gasteiger partial charge in [-0.2, -0.15) is 0 Å². The van der Waals surface area contributed by atoms with Crippen LogP contribution in [0, 0.1) is 0 Å². The fourth-order valence-corrected chi connectivity index (χ4v) is 2.79. The summed E-state index contributed by atoms with van der Waals surface area (Å²) in [4.78, 5) is 16.6. The summed E-state index contributed by atoms with van der Waals surface area (Å²) in [7, 11) is 3.13. The van der Waals surface area contributed by atoms with Gasteiger partial charge in [0.1, 0.15) is 11.6 Å². The Kier molecular flexibility index (Phi) is 5.47. The highest BCUT2D eigenvalue weighted by Gasteiger charge is 2.15. The molecule has 1 heterocycles. The van der Waals surface area contributed by atoms with Crippen molar-refractivity contribution in [3.8, 4) is 22.6 Å². The lowest BCUT2D eigenvalue weighted by molar-refractivity contribution is 0.102. The molecule has 3 rings (SSSR count). The van der Waals surface area contributed by atoms with Crippen molar-refractivity contribution in [2.75, 3.05) is 25.3 Å². The molecule has 0 aliphatic carbocycles. The lowest BCUT2D eigenvalue weighted by atomic mass is 10.0. The second kappa shape index (κ2) is 7.97. The van der Waals surface area contributed by atoms with Crippen molar-refractivity contribution in [3.05, 3.63) is 65.2 Å². The first-order valence-corrected chi connectivity index (χ1v) is 8.46. The van der Waals surface area contributed by atoms with Crippen molar-refractivity contribution in [1.82, 2.24) is 4.98 Å². The van der Waals surface area contributed by atoms with E-state index < -0.39 is 0 Å². The number of carbonyl (C=O) groups excluding carboxylic acids is 1. The number of amides is 1. The lowest BCUT2D eigenvalue weighted by Crippen LogP contribution is -2.13. The molecule has 0 saturated carbocycles. The number of methoxy groups -OCH3 is 2. The predicted octanol–water partition coefficient (Wildman–Crippen LogP) is 4.25. The molecule has 1 aromatic heterocycles. The molecule has 0 aliphatic rings. The van der Waals surface area contributed by atoms with Crippen LogP contribution in [0.1, 0.15) is 10.4 Å². The number of ether oxygens (including phenoxy) is 2. The van der Waals surface area contributed by atoms with E-state index in [0.717, 1.165) is 5.56 Å². The Morgan fingerprint density at radius 3 is 2.37 bits per heavy atom. The maximum absolute atomic E-state index is 12.3. The van der Waals surface area contributed by atoms with Crippen LogP contribution >= 0.6 is 11.6 Å². The van der Waals surface area contributed by atoms with Gasteiger partial charge in [-0.05, 0) is 42.5 Å². The molecular formula is C20H18ClN3O3. The molecule has 3 aromatic rings. The van der Waals surface area contributed by atoms with Crippen LogP contribution in [0.4, 0.5) is 11.6 Å². The number of benzene rings is 2. The number of nitrogens with zero attached hydrogens (tertiary/aromatic N) is 1. The number of anilines is 2. The minimum atomic E-state index is -0.301. The maximum Gasteiger partial charge on any atom is 0.256 e. The van der Waals surface area contributed by atoms with Gasteiger partial charge < -0.3 is 20.5 Å². The van der Waals surface area contributed by atoms with Gasteiger partial charge in [-0.15, -0.1) is 0 Å². The third kappa shape index (κ3) is 3.96. The summed E-state index contributed by atoms with van der Waals surface area (Å²) in [6, 6.07) is 15.5. The third-order valence-corrected chi connectivity index (χ3v) is 4.22. The maximum atomic E-state index is 12.3. The summed E-state index contributed by atoms with van der Waals surface area (Å²) >= 11 is 5.84. The average Bonchev–Trinajstić information content (AvgIpc) is 2.68. The third-order valence-electron chi connectivity index (χ3n) is 3.97. The van der Waals surface area contributed by atoms with Crippen molar-refractivity contribution < 1.29 is 14.3 Å². The molecular weight excluding hydrogens is 366 g/mol. The standard InChI is InChI=1S/C20H18ClN3O3/c1-26-16-5-3-4-14(18(16)27-2)15-10-11-17(23-19(15)22)24-20(25)12-6-8-13(21)9-7-12/h3-11H,1-2H3,(H3,22,23,24,25). The van der Waals surface area contributed by atoms with Gasteiger partial charge in [-0.1, -0.05) is 23.7 Å². The van der Waals surface area contributed by atoms with E-state index in [0.29, 0.717) is 33.5 Å². The molecule has 1 amide bonds. The Morgan fingerprint density at radius 2 is 1.74 bits per heavy atom. The first-order chi connectivity index (χ1) is 13.0. The number of nitrogens with one attached hydrogen (secondary N) is 1. The first-order valence-electron chi connectivity index (χ1n) is 8.08. The Hall–Kier alpha value is -3.25. The number of carbonyl (C=O) groups is 1. The van der Waals surface area contributed by atoms with Gasteiger partial charge in [0.05, 0.1) is 14.2 Å². The summed E-state index contributed by atoms with van der Waals surface area (Å²) in [6.45, 7) is 0. The normalized spacial score (nSPS) is 10.3. The summed E-state index contributed by atoms with van der Waals surface area (Å²) in [6.07, 6.45) is 0. The van der Waals surface area contributed by atoms with E-state index in [9.17, 15) is 4.79 Å². The van der Waals surface area contributed by atoms with E-state index in [1.807, 2.05) is 12.1 Å². The van der Waals surface area contributed by atoms with Crippen LogP contribution in [0.3, 0.4) is 0 Å². The quantitative estimate of drug-likeness (QED) is 0.687. The molecule has 0 aliphatic heterocycles. The molecule has 0 radical (unpaired) electrons. The Labute approximate surface area is 161 Å². The van der Waals surface area contributed by atoms with Crippen LogP contribution in [-0.2, 0) is 0 Å². The second-order valence-electron chi connectivity index (χ2n) is 5.63. The summed E-state index contributed by atoms with van der Waals surface area (Å²) < 4.78 is 10.8. The van der Waals surface area contributed by atoms with E-state index in [4.69, 9.17) is 26.8 Å². The Balaban J connectivity index is 1.88. The van der Waals surface area contributed by atoms with E-state index in [1.165, 1.54) is 0 Å². The van der Waals surface area contributed by atoms with Crippen LogP contribution in [0.15, 0.2) is 54.6 Å². The largest absolute Gasteiger partial charge is 0.493 e. The number of nitrogen functional groups attached to an aromatic ring is 1. The number of para-hydroxylation sites is 1. The number of pyridine rings is 1. The van der Waals surface area contributed by atoms with Gasteiger partial charge in [0.2, 0.25) is 0 Å². The highest BCUT2D eigenvalue weighted by molar-refractivity contribution is 6.30. The van der Waals surface area contributed by atoms with Gasteiger partial charge in [-0.25, -0.2) is 4.98 Å². The zero-order valence-corrected chi connectivity index (χ0v) is 15.6. The lowest BCUT2D eigenvalue weighted by Gasteiger charge is -2.14. The monoisotopic (exact) mass is 383 g/mol. The second-order valence-corrected chi connectivity index (χ2v) is 6.07. The van der Waals surface area contributed by atoms with Crippen molar-refractivity contribution in [1.29, 1.82) is 0 Å². The van der Waals surface area contributed by atoms with E-state index in [2.05, 4.69) is 10.3 Å². The van der Waals surface area contributed by atoms with Gasteiger partial charge in [-0.3, -0.25) is 4.79 Å². The average molecular weight is 384 g/mol. The number of hydrogen-bond acceptors (Lipinski definition) is 5. The number of rotatable bonds is 5. The molecule has 0 spiro atoms. The fraction of sp³-hybridized carbons (Fsp3) is 0.100. The molecule has 0 saturated heterocycles. The van der Waals surface area contributed by atoms with Crippen LogP contribution in [0.25, 0.3) is 11.1 Å². The zero-order chi connectivity index (χ0) is 19.4. The van der Waals surface area contributed by atoms with Crippen LogP contribution in [0.2, 0.25) is 5.02 Å². The summed E-state index contributed by atoms with van der Waals surface area (Å²) in [5.41, 5.74) is 8.02. The number of nitrogens with two attached hydrogens (primary N) is 1. The molecule has 0 atom stereocenters. The van der Waals surface area contributed by atoms with Crippen LogP contribution in [-0.4, -0.2) is 25.1 Å². The van der Waals surface area contributed by atoms with Gasteiger partial charge in [0.15, 0.2) is 11.5 Å². The molecule has 27 heavy (non-hydrogen) atoms. The molecule has 2 aromatic carbocycles. The fourth-order valence-electron chi connectivity index (χ4n) is 2.66. The van der Waals surface area contributed by atoms with Crippen molar-refractivity contribution in [3.63, 3.8) is 0 Å². The van der Waals surface area contributed by atoms with Crippen molar-refractivity contribution in [2.45, 2.75) is 0 Å². The van der Waals surface area contributed by atoms with E-state index >= 15 is 0 Å². The van der Waals surface area contributed by atoms with Gasteiger partial charge >= 0.3 is 0 Å². The highest BCUT2D eigenvalue weighted by atomic mass is 35.5. The van der Waals surface area contributed by atoms with E-state index in [1.54, 1.807) is 56.7 Å². The smallest absolute Gasteiger partial charge is 0.256 e. The predicted molar refractivity (Wildman–Crippen MR) is 107 cm³/mol. The van der Waals surface area contributed by atoms with Gasteiger partial charge in [0, 0.05) is 21.7 Å². The number of halogens is 1. The van der Waals surface area contributed by atoms with E-state index in [-0.39, 0.29) is 11.7 Å². The first kappa shape index (κ1) is 18.5. The molecule has 0 bridgehead atoms. The number of hydrogen-bond donors (Lipinski definition) is 2. The summed E-state index contributed by atoms with van der Waals surface area (Å²) in [5, 5.41) is 3.28. The Bertz CT molecular complexity index is 975. The zero-order valence-electron chi connectivity index (χ0n) is 14.8.